The summed E-state index contributed by atoms with van der Waals surface area (Å²) in [6.07, 6.45) is 0. The molecule has 0 bridgehead atoms. The number of methoxy groups -OCH3 is 3. The van der Waals surface area contributed by atoms with Crippen LogP contribution in [0.2, 0.25) is 0 Å². The number of nitriles is 1. The lowest BCUT2D eigenvalue weighted by Gasteiger charge is -2.36. The predicted octanol–water partition coefficient (Wildman–Crippen LogP) is 3.20. The van der Waals surface area contributed by atoms with Gasteiger partial charge in [0.05, 0.1) is 50.2 Å². The highest BCUT2D eigenvalue weighted by atomic mass is 127. The van der Waals surface area contributed by atoms with Crippen LogP contribution in [0, 0.1) is 14.9 Å². The Labute approximate surface area is 199 Å². The Morgan fingerprint density at radius 1 is 1.06 bits per heavy atom. The van der Waals surface area contributed by atoms with E-state index in [2.05, 4.69) is 28.7 Å². The normalized spacial score (nSPS) is 15.8. The second-order valence-electron chi connectivity index (χ2n) is 6.65. The van der Waals surface area contributed by atoms with Gasteiger partial charge in [-0.1, -0.05) is 30.3 Å². The van der Waals surface area contributed by atoms with Crippen LogP contribution in [0.25, 0.3) is 0 Å². The van der Waals surface area contributed by atoms with Crippen molar-refractivity contribution < 1.29 is 23.8 Å². The molecule has 1 atom stereocenters. The van der Waals surface area contributed by atoms with Gasteiger partial charge in [0.1, 0.15) is 17.3 Å². The molecule has 1 aliphatic heterocycles. The first-order chi connectivity index (χ1) is 15.4. The van der Waals surface area contributed by atoms with Crippen molar-refractivity contribution in [2.24, 2.45) is 5.73 Å². The number of carbonyl (C=O) groups excluding carboxylic acids is 2. The molecule has 3 rings (SSSR count). The molecular formula is C23H20IN3O5. The standard InChI is InChI=1S/C23H20IN3O5/c1-30-14-9-10-17(16(24)11-14)27-20(23(29)32-3)19(22(28)31-2)18(15(12-25)21(27)26)13-7-5-4-6-8-13/h4-11,18H,26H2,1-3H3. The number of esters is 2. The lowest BCUT2D eigenvalue weighted by atomic mass is 9.81. The number of nitrogens with two attached hydrogens (primary N) is 1. The molecule has 8 nitrogen and oxygen atoms in total. The number of nitrogens with zero attached hydrogens (tertiary/aromatic N) is 2. The zero-order chi connectivity index (χ0) is 23.4. The van der Waals surface area contributed by atoms with Crippen LogP contribution >= 0.6 is 22.6 Å². The third-order valence-corrected chi connectivity index (χ3v) is 5.87. The zero-order valence-electron chi connectivity index (χ0n) is 17.6. The molecule has 1 aliphatic rings. The Morgan fingerprint density at radius 3 is 2.25 bits per heavy atom. The number of ether oxygens (including phenoxy) is 3. The Bertz CT molecular complexity index is 1170. The average Bonchev–Trinajstić information content (AvgIpc) is 2.82. The van der Waals surface area contributed by atoms with Crippen molar-refractivity contribution in [3.05, 3.63) is 80.3 Å². The first kappa shape index (κ1) is 23.1. The molecule has 2 aromatic rings. The first-order valence-corrected chi connectivity index (χ1v) is 10.5. The SMILES string of the molecule is COC(=O)C1=C(C(=O)OC)N(c2ccc(OC)cc2I)C(N)=C(C#N)C1c1ccccc1. The summed E-state index contributed by atoms with van der Waals surface area (Å²) in [6.45, 7) is 0. The monoisotopic (exact) mass is 545 g/mol. The molecule has 2 aromatic carbocycles. The molecule has 32 heavy (non-hydrogen) atoms. The molecule has 0 radical (unpaired) electrons. The van der Waals surface area contributed by atoms with Crippen LogP contribution in [0.4, 0.5) is 5.69 Å². The number of hydrogen-bond donors (Lipinski definition) is 1. The van der Waals surface area contributed by atoms with Crippen LogP contribution in [-0.4, -0.2) is 33.3 Å². The van der Waals surface area contributed by atoms with Crippen LogP contribution in [0.1, 0.15) is 11.5 Å². The molecule has 0 saturated heterocycles. The minimum atomic E-state index is -0.907. The highest BCUT2D eigenvalue weighted by molar-refractivity contribution is 14.1. The highest BCUT2D eigenvalue weighted by Crippen LogP contribution is 2.44. The fourth-order valence-electron chi connectivity index (χ4n) is 3.56. The molecule has 0 spiro atoms. The van der Waals surface area contributed by atoms with Gasteiger partial charge >= 0.3 is 11.9 Å². The molecule has 1 unspecified atom stereocenters. The minimum Gasteiger partial charge on any atom is -0.497 e. The van der Waals surface area contributed by atoms with E-state index in [9.17, 15) is 14.9 Å². The van der Waals surface area contributed by atoms with E-state index in [1.807, 2.05) is 0 Å². The summed E-state index contributed by atoms with van der Waals surface area (Å²) in [4.78, 5) is 27.4. The van der Waals surface area contributed by atoms with Crippen LogP contribution in [0.3, 0.4) is 0 Å². The third kappa shape index (κ3) is 4.01. The molecule has 164 valence electrons. The van der Waals surface area contributed by atoms with Crippen molar-refractivity contribution in [3.63, 3.8) is 0 Å². The minimum absolute atomic E-state index is 0.0116. The summed E-state index contributed by atoms with van der Waals surface area (Å²) in [5, 5.41) is 10.0. The lowest BCUT2D eigenvalue weighted by molar-refractivity contribution is -0.139. The van der Waals surface area contributed by atoms with Crippen molar-refractivity contribution in [1.29, 1.82) is 5.26 Å². The average molecular weight is 545 g/mol. The van der Waals surface area contributed by atoms with E-state index in [0.717, 1.165) is 0 Å². The van der Waals surface area contributed by atoms with Crippen molar-refractivity contribution >= 4 is 40.2 Å². The first-order valence-electron chi connectivity index (χ1n) is 9.38. The van der Waals surface area contributed by atoms with E-state index >= 15 is 0 Å². The van der Waals surface area contributed by atoms with Crippen LogP contribution in [0.15, 0.2) is 71.2 Å². The number of anilines is 1. The summed E-state index contributed by atoms with van der Waals surface area (Å²) < 4.78 is 16.0. The largest absolute Gasteiger partial charge is 0.497 e. The fraction of sp³-hybridized carbons (Fsp3) is 0.174. The number of halogens is 1. The molecule has 1 heterocycles. The number of benzene rings is 2. The number of rotatable bonds is 5. The van der Waals surface area contributed by atoms with Crippen LogP contribution < -0.4 is 15.4 Å². The zero-order valence-corrected chi connectivity index (χ0v) is 19.7. The number of allylic oxidation sites excluding steroid dienone is 1. The van der Waals surface area contributed by atoms with Gasteiger partial charge in [0.2, 0.25) is 0 Å². The van der Waals surface area contributed by atoms with E-state index in [1.54, 1.807) is 48.5 Å². The molecule has 0 fully saturated rings. The third-order valence-electron chi connectivity index (χ3n) is 5.01. The molecule has 9 heteroatoms. The Balaban J connectivity index is 2.41. The maximum Gasteiger partial charge on any atom is 0.355 e. The topological polar surface area (TPSA) is 115 Å². The van der Waals surface area contributed by atoms with E-state index < -0.39 is 17.9 Å². The van der Waals surface area contributed by atoms with Gasteiger partial charge in [0.25, 0.3) is 0 Å². The lowest BCUT2D eigenvalue weighted by Crippen LogP contribution is -2.41. The van der Waals surface area contributed by atoms with Crippen molar-refractivity contribution in [3.8, 4) is 11.8 Å². The van der Waals surface area contributed by atoms with Crippen molar-refractivity contribution in [1.82, 2.24) is 0 Å². The van der Waals surface area contributed by atoms with E-state index in [0.29, 0.717) is 20.6 Å². The summed E-state index contributed by atoms with van der Waals surface area (Å²) in [7, 11) is 3.95. The second-order valence-corrected chi connectivity index (χ2v) is 7.81. The Morgan fingerprint density at radius 2 is 1.72 bits per heavy atom. The van der Waals surface area contributed by atoms with Gasteiger partial charge in [0, 0.05) is 3.57 Å². The molecule has 0 aromatic heterocycles. The van der Waals surface area contributed by atoms with Gasteiger partial charge < -0.3 is 19.9 Å². The van der Waals surface area contributed by atoms with Gasteiger partial charge in [-0.2, -0.15) is 5.26 Å². The number of hydrogen-bond acceptors (Lipinski definition) is 8. The summed E-state index contributed by atoms with van der Waals surface area (Å²) in [5.74, 6) is -1.87. The van der Waals surface area contributed by atoms with Gasteiger partial charge in [-0.25, -0.2) is 9.59 Å². The van der Waals surface area contributed by atoms with Gasteiger partial charge in [-0.3, -0.25) is 4.90 Å². The maximum atomic E-state index is 13.0. The smallest absolute Gasteiger partial charge is 0.355 e. The van der Waals surface area contributed by atoms with Crippen LogP contribution in [-0.2, 0) is 19.1 Å². The van der Waals surface area contributed by atoms with Crippen molar-refractivity contribution in [2.75, 3.05) is 26.2 Å². The quantitative estimate of drug-likeness (QED) is 0.450. The molecule has 0 aliphatic carbocycles. The van der Waals surface area contributed by atoms with Gasteiger partial charge in [0.15, 0.2) is 0 Å². The van der Waals surface area contributed by atoms with E-state index in [1.165, 1.54) is 26.2 Å². The van der Waals surface area contributed by atoms with E-state index in [-0.39, 0.29) is 22.7 Å². The molecular weight excluding hydrogens is 525 g/mol. The van der Waals surface area contributed by atoms with Gasteiger partial charge in [-0.15, -0.1) is 0 Å². The summed E-state index contributed by atoms with van der Waals surface area (Å²) in [6, 6.07) is 16.1. The van der Waals surface area contributed by atoms with E-state index in [4.69, 9.17) is 19.9 Å². The predicted molar refractivity (Wildman–Crippen MR) is 125 cm³/mol. The maximum absolute atomic E-state index is 13.0. The fourth-order valence-corrected chi connectivity index (χ4v) is 4.29. The molecule has 2 N–H and O–H groups in total. The Kier molecular flexibility index (Phi) is 7.05. The van der Waals surface area contributed by atoms with Gasteiger partial charge in [-0.05, 0) is 46.4 Å². The summed E-state index contributed by atoms with van der Waals surface area (Å²) >= 11 is 2.06. The molecule has 0 saturated carbocycles. The molecule has 0 amide bonds. The number of carbonyl (C=O) groups is 2. The second kappa shape index (κ2) is 9.74. The van der Waals surface area contributed by atoms with Crippen molar-refractivity contribution in [2.45, 2.75) is 5.92 Å². The highest BCUT2D eigenvalue weighted by Gasteiger charge is 2.43. The summed E-state index contributed by atoms with van der Waals surface area (Å²) in [5.41, 5.74) is 7.51. The Hall–Kier alpha value is -3.52. The van der Waals surface area contributed by atoms with Crippen LogP contribution in [0.5, 0.6) is 5.75 Å².